The summed E-state index contributed by atoms with van der Waals surface area (Å²) in [5, 5.41) is 0.785. The number of allylic oxidation sites excluding steroid dienone is 1. The lowest BCUT2D eigenvalue weighted by molar-refractivity contribution is 0.973. The van der Waals surface area contributed by atoms with Crippen LogP contribution in [0.4, 0.5) is 0 Å². The van der Waals surface area contributed by atoms with Crippen LogP contribution >= 0.6 is 11.6 Å². The van der Waals surface area contributed by atoms with Crippen LogP contribution in [0.1, 0.15) is 24.0 Å². The van der Waals surface area contributed by atoms with Gasteiger partial charge in [0.05, 0.1) is 0 Å². The van der Waals surface area contributed by atoms with Crippen LogP contribution in [0, 0.1) is 0 Å². The molecule has 0 saturated heterocycles. The molecular weight excluding hydrogens is 228 g/mol. The van der Waals surface area contributed by atoms with E-state index in [0.717, 1.165) is 5.02 Å². The summed E-state index contributed by atoms with van der Waals surface area (Å²) in [6.45, 7) is 2.18. The molecule has 17 heavy (non-hydrogen) atoms. The van der Waals surface area contributed by atoms with Gasteiger partial charge in [0, 0.05) is 5.02 Å². The van der Waals surface area contributed by atoms with E-state index < -0.39 is 0 Å². The highest BCUT2D eigenvalue weighted by atomic mass is 35.5. The fourth-order valence-electron chi connectivity index (χ4n) is 1.70. The molecule has 2 aromatic rings. The largest absolute Gasteiger partial charge is 0.0843 e. The Bertz CT molecular complexity index is 483. The zero-order chi connectivity index (χ0) is 12.1. The quantitative estimate of drug-likeness (QED) is 0.698. The van der Waals surface area contributed by atoms with Crippen molar-refractivity contribution < 1.29 is 0 Å². The summed E-state index contributed by atoms with van der Waals surface area (Å²) in [6, 6.07) is 18.3. The molecule has 0 bridgehead atoms. The van der Waals surface area contributed by atoms with E-state index in [9.17, 15) is 0 Å². The zero-order valence-electron chi connectivity index (χ0n) is 9.81. The summed E-state index contributed by atoms with van der Waals surface area (Å²) >= 11 is 5.87. The fourth-order valence-corrected chi connectivity index (χ4v) is 1.82. The van der Waals surface area contributed by atoms with Gasteiger partial charge >= 0.3 is 0 Å². The molecule has 86 valence electrons. The van der Waals surface area contributed by atoms with E-state index >= 15 is 0 Å². The van der Waals surface area contributed by atoms with Crippen LogP contribution in [0.15, 0.2) is 60.7 Å². The van der Waals surface area contributed by atoms with Crippen LogP contribution in [0.5, 0.6) is 0 Å². The lowest BCUT2D eigenvalue weighted by Crippen LogP contribution is -1.87. The minimum atomic E-state index is 0.396. The molecule has 1 unspecified atom stereocenters. The smallest absolute Gasteiger partial charge is 0.0406 e. The number of hydrogen-bond acceptors (Lipinski definition) is 0. The van der Waals surface area contributed by atoms with Crippen LogP contribution < -0.4 is 0 Å². The highest BCUT2D eigenvalue weighted by Gasteiger charge is 2.00. The normalized spacial score (nSPS) is 12.8. The third kappa shape index (κ3) is 3.47. The summed E-state index contributed by atoms with van der Waals surface area (Å²) in [5.41, 5.74) is 2.51. The number of halogens is 1. The summed E-state index contributed by atoms with van der Waals surface area (Å²) in [7, 11) is 0. The van der Waals surface area contributed by atoms with Crippen molar-refractivity contribution in [2.24, 2.45) is 0 Å². The first-order valence-corrected chi connectivity index (χ1v) is 6.12. The molecule has 0 aliphatic carbocycles. The van der Waals surface area contributed by atoms with E-state index in [0.29, 0.717) is 5.92 Å². The van der Waals surface area contributed by atoms with Crippen molar-refractivity contribution in [3.63, 3.8) is 0 Å². The van der Waals surface area contributed by atoms with Crippen LogP contribution in [-0.2, 0) is 0 Å². The van der Waals surface area contributed by atoms with E-state index in [2.05, 4.69) is 43.3 Å². The maximum absolute atomic E-state index is 5.87. The maximum Gasteiger partial charge on any atom is 0.0406 e. The topological polar surface area (TPSA) is 0 Å². The Morgan fingerprint density at radius 2 is 1.59 bits per heavy atom. The van der Waals surface area contributed by atoms with Crippen molar-refractivity contribution in [3.05, 3.63) is 76.8 Å². The summed E-state index contributed by atoms with van der Waals surface area (Å²) in [5.74, 6) is 0.396. The Hall–Kier alpha value is -1.53. The number of hydrogen-bond donors (Lipinski definition) is 0. The Morgan fingerprint density at radius 3 is 2.24 bits per heavy atom. The minimum Gasteiger partial charge on any atom is -0.0843 e. The molecule has 0 aromatic heterocycles. The van der Waals surface area contributed by atoms with Gasteiger partial charge in [0.1, 0.15) is 0 Å². The third-order valence-electron chi connectivity index (χ3n) is 2.77. The second-order valence-electron chi connectivity index (χ2n) is 4.11. The molecule has 0 nitrogen and oxygen atoms in total. The van der Waals surface area contributed by atoms with E-state index in [-0.39, 0.29) is 0 Å². The van der Waals surface area contributed by atoms with Crippen LogP contribution in [0.2, 0.25) is 5.02 Å². The van der Waals surface area contributed by atoms with Crippen molar-refractivity contribution in [1.82, 2.24) is 0 Å². The number of benzene rings is 2. The van der Waals surface area contributed by atoms with E-state index in [1.54, 1.807) is 0 Å². The first kappa shape index (κ1) is 11.9. The third-order valence-corrected chi connectivity index (χ3v) is 3.02. The summed E-state index contributed by atoms with van der Waals surface area (Å²) in [6.07, 6.45) is 4.36. The van der Waals surface area contributed by atoms with Gasteiger partial charge in [0.25, 0.3) is 0 Å². The molecule has 0 heterocycles. The van der Waals surface area contributed by atoms with Crippen molar-refractivity contribution in [2.45, 2.75) is 12.8 Å². The Kier molecular flexibility index (Phi) is 4.00. The SMILES string of the molecule is CC(/C=C/c1ccccc1)c1ccc(Cl)cc1. The van der Waals surface area contributed by atoms with Crippen molar-refractivity contribution in [1.29, 1.82) is 0 Å². The van der Waals surface area contributed by atoms with Crippen molar-refractivity contribution in [2.75, 3.05) is 0 Å². The molecule has 2 aromatic carbocycles. The highest BCUT2D eigenvalue weighted by Crippen LogP contribution is 2.20. The van der Waals surface area contributed by atoms with Crippen LogP contribution in [0.25, 0.3) is 6.08 Å². The van der Waals surface area contributed by atoms with Gasteiger partial charge in [0.2, 0.25) is 0 Å². The first-order valence-electron chi connectivity index (χ1n) is 5.74. The average molecular weight is 243 g/mol. The monoisotopic (exact) mass is 242 g/mol. The molecule has 0 aliphatic heterocycles. The Balaban J connectivity index is 2.09. The molecule has 0 aliphatic rings. The molecule has 0 saturated carbocycles. The molecule has 0 fully saturated rings. The second-order valence-corrected chi connectivity index (χ2v) is 4.55. The molecular formula is C16H15Cl. The lowest BCUT2D eigenvalue weighted by Gasteiger charge is -2.06. The fraction of sp³-hybridized carbons (Fsp3) is 0.125. The van der Waals surface area contributed by atoms with Gasteiger partial charge in [-0.15, -0.1) is 0 Å². The molecule has 1 heteroatoms. The number of rotatable bonds is 3. The molecule has 0 N–H and O–H groups in total. The van der Waals surface area contributed by atoms with Crippen LogP contribution in [-0.4, -0.2) is 0 Å². The van der Waals surface area contributed by atoms with E-state index in [1.165, 1.54) is 11.1 Å². The predicted octanol–water partition coefficient (Wildman–Crippen LogP) is 5.16. The summed E-state index contributed by atoms with van der Waals surface area (Å²) in [4.78, 5) is 0. The Morgan fingerprint density at radius 1 is 0.941 bits per heavy atom. The van der Waals surface area contributed by atoms with Gasteiger partial charge in [0.15, 0.2) is 0 Å². The molecule has 0 spiro atoms. The molecule has 2 rings (SSSR count). The molecule has 0 amide bonds. The second kappa shape index (κ2) is 5.70. The van der Waals surface area contributed by atoms with Crippen molar-refractivity contribution in [3.8, 4) is 0 Å². The van der Waals surface area contributed by atoms with Gasteiger partial charge in [-0.2, -0.15) is 0 Å². The van der Waals surface area contributed by atoms with Crippen molar-refractivity contribution >= 4 is 17.7 Å². The standard InChI is InChI=1S/C16H15Cl/c1-13(15-9-11-16(17)12-10-15)7-8-14-5-3-2-4-6-14/h2-13H,1H3/b8-7+. The predicted molar refractivity (Wildman–Crippen MR) is 75.3 cm³/mol. The van der Waals surface area contributed by atoms with Gasteiger partial charge in [-0.25, -0.2) is 0 Å². The zero-order valence-corrected chi connectivity index (χ0v) is 10.6. The van der Waals surface area contributed by atoms with E-state index in [1.807, 2.05) is 30.3 Å². The molecule has 0 radical (unpaired) electrons. The van der Waals surface area contributed by atoms with Crippen LogP contribution in [0.3, 0.4) is 0 Å². The molecule has 1 atom stereocenters. The van der Waals surface area contributed by atoms with Gasteiger partial charge in [-0.05, 0) is 29.2 Å². The highest BCUT2D eigenvalue weighted by molar-refractivity contribution is 6.30. The van der Waals surface area contributed by atoms with E-state index in [4.69, 9.17) is 11.6 Å². The Labute approximate surface area is 108 Å². The first-order chi connectivity index (χ1) is 8.25. The van der Waals surface area contributed by atoms with Gasteiger partial charge in [-0.3, -0.25) is 0 Å². The average Bonchev–Trinajstić information content (AvgIpc) is 2.38. The van der Waals surface area contributed by atoms with Gasteiger partial charge in [-0.1, -0.05) is 73.1 Å². The van der Waals surface area contributed by atoms with Gasteiger partial charge < -0.3 is 0 Å². The summed E-state index contributed by atoms with van der Waals surface area (Å²) < 4.78 is 0. The maximum atomic E-state index is 5.87. The lowest BCUT2D eigenvalue weighted by atomic mass is 10.00. The minimum absolute atomic E-state index is 0.396.